The second-order valence-electron chi connectivity index (χ2n) is 9.46. The van der Waals surface area contributed by atoms with Crippen molar-refractivity contribution in [3.63, 3.8) is 0 Å². The van der Waals surface area contributed by atoms with Crippen molar-refractivity contribution in [2.24, 2.45) is 11.8 Å². The molecule has 2 atom stereocenters. The summed E-state index contributed by atoms with van der Waals surface area (Å²) in [4.78, 5) is 5.28. The van der Waals surface area contributed by atoms with E-state index in [1.54, 1.807) is 0 Å². The van der Waals surface area contributed by atoms with Crippen LogP contribution in [0.1, 0.15) is 79.1 Å². The predicted octanol–water partition coefficient (Wildman–Crippen LogP) is 4.91. The summed E-state index contributed by atoms with van der Waals surface area (Å²) in [5.74, 6) is 1.18. The summed E-state index contributed by atoms with van der Waals surface area (Å²) < 4.78 is 0. The van der Waals surface area contributed by atoms with Gasteiger partial charge in [-0.25, -0.2) is 0 Å². The Morgan fingerprint density at radius 1 is 0.607 bits per heavy atom. The quantitative estimate of drug-likeness (QED) is 0.586. The molecule has 0 spiro atoms. The van der Waals surface area contributed by atoms with Gasteiger partial charge in [-0.05, 0) is 63.2 Å². The highest BCUT2D eigenvalue weighted by atomic mass is 15.3. The molecule has 4 heteroatoms. The first kappa shape index (κ1) is 23.0. The van der Waals surface area contributed by atoms with Crippen LogP contribution in [0, 0.1) is 11.8 Å². The van der Waals surface area contributed by atoms with E-state index in [9.17, 15) is 0 Å². The van der Waals surface area contributed by atoms with Crippen molar-refractivity contribution in [1.29, 1.82) is 0 Å². The maximum atomic E-state index is 3.51. The van der Waals surface area contributed by atoms with E-state index < -0.39 is 0 Å². The lowest BCUT2D eigenvalue weighted by molar-refractivity contribution is 0.0830. The molecule has 0 saturated heterocycles. The van der Waals surface area contributed by atoms with Crippen LogP contribution in [0.3, 0.4) is 0 Å². The fourth-order valence-electron chi connectivity index (χ4n) is 5.60. The van der Waals surface area contributed by atoms with E-state index in [4.69, 9.17) is 0 Å². The molecule has 2 N–H and O–H groups in total. The molecule has 0 radical (unpaired) electrons. The third-order valence-corrected chi connectivity index (χ3v) is 6.94. The number of hydrogen-bond donors (Lipinski definition) is 2. The highest BCUT2D eigenvalue weighted by molar-refractivity contribution is 5.19. The van der Waals surface area contributed by atoms with E-state index in [1.165, 1.54) is 74.2 Å². The van der Waals surface area contributed by atoms with Crippen LogP contribution in [0.25, 0.3) is 0 Å². The van der Waals surface area contributed by atoms with Crippen molar-refractivity contribution in [2.45, 2.75) is 91.1 Å². The molecule has 2 rings (SSSR count). The average molecular weight is 391 g/mol. The molecule has 4 nitrogen and oxygen atoms in total. The monoisotopic (exact) mass is 390 g/mol. The van der Waals surface area contributed by atoms with E-state index in [0.717, 1.165) is 0 Å². The van der Waals surface area contributed by atoms with E-state index >= 15 is 0 Å². The van der Waals surface area contributed by atoms with Crippen LogP contribution in [-0.2, 0) is 0 Å². The van der Waals surface area contributed by atoms with Gasteiger partial charge in [0.05, 0.1) is 12.1 Å². The number of allylic oxidation sites excluding steroid dienone is 4. The summed E-state index contributed by atoms with van der Waals surface area (Å²) in [6.45, 7) is 9.62. The third kappa shape index (κ3) is 4.99. The van der Waals surface area contributed by atoms with E-state index in [2.05, 4.69) is 76.3 Å². The Morgan fingerprint density at radius 3 is 1.21 bits per heavy atom. The molecule has 0 amide bonds. The van der Waals surface area contributed by atoms with Crippen molar-refractivity contribution < 1.29 is 0 Å². The van der Waals surface area contributed by atoms with Gasteiger partial charge >= 0.3 is 0 Å². The SMILES string of the molecule is CNC1=C(N(C)C(C(C)C)C(C(C)C)N(C)C2=C(NC)CCCC2)CCCC1. The molecule has 2 aliphatic carbocycles. The molecule has 2 aliphatic rings. The highest BCUT2D eigenvalue weighted by Crippen LogP contribution is 2.35. The average Bonchev–Trinajstić information content (AvgIpc) is 2.70. The van der Waals surface area contributed by atoms with Crippen LogP contribution in [0.2, 0.25) is 0 Å². The van der Waals surface area contributed by atoms with Crippen LogP contribution >= 0.6 is 0 Å². The van der Waals surface area contributed by atoms with Gasteiger partial charge in [0.15, 0.2) is 0 Å². The van der Waals surface area contributed by atoms with Crippen LogP contribution in [0.15, 0.2) is 22.8 Å². The lowest BCUT2D eigenvalue weighted by Crippen LogP contribution is -2.54. The van der Waals surface area contributed by atoms with Crippen molar-refractivity contribution in [3.8, 4) is 0 Å². The summed E-state index contributed by atoms with van der Waals surface area (Å²) in [5, 5.41) is 7.02. The Kier molecular flexibility index (Phi) is 8.57. The topological polar surface area (TPSA) is 30.5 Å². The largest absolute Gasteiger partial charge is 0.390 e. The number of hydrogen-bond acceptors (Lipinski definition) is 4. The van der Waals surface area contributed by atoms with Gasteiger partial charge in [-0.3, -0.25) is 0 Å². The molecule has 0 bridgehead atoms. The zero-order valence-electron chi connectivity index (χ0n) is 19.9. The van der Waals surface area contributed by atoms with Crippen LogP contribution < -0.4 is 10.6 Å². The highest BCUT2D eigenvalue weighted by Gasteiger charge is 2.36. The normalized spacial score (nSPS) is 20.5. The number of rotatable bonds is 9. The molecule has 0 heterocycles. The minimum atomic E-state index is 0.494. The molecular weight excluding hydrogens is 344 g/mol. The van der Waals surface area contributed by atoms with Gasteiger partial charge in [0, 0.05) is 51.0 Å². The van der Waals surface area contributed by atoms with Gasteiger partial charge in [0.1, 0.15) is 0 Å². The van der Waals surface area contributed by atoms with Crippen molar-refractivity contribution in [2.75, 3.05) is 28.2 Å². The Balaban J connectivity index is 2.42. The van der Waals surface area contributed by atoms with Crippen LogP contribution in [0.4, 0.5) is 0 Å². The van der Waals surface area contributed by atoms with Crippen molar-refractivity contribution in [3.05, 3.63) is 22.8 Å². The Hall–Kier alpha value is -1.32. The fraction of sp³-hybridized carbons (Fsp3) is 0.833. The standard InChI is InChI=1S/C24H46N4/c1-17(2)23(27(7)21-15-11-9-13-19(21)25-5)24(18(3)4)28(8)22-16-12-10-14-20(22)26-6/h17-18,23-26H,9-16H2,1-8H3. The molecule has 0 aromatic rings. The fourth-order valence-corrected chi connectivity index (χ4v) is 5.60. The lowest BCUT2D eigenvalue weighted by Gasteiger charge is -2.48. The van der Waals surface area contributed by atoms with Crippen molar-refractivity contribution >= 4 is 0 Å². The maximum Gasteiger partial charge on any atom is 0.0513 e. The van der Waals surface area contributed by atoms with Crippen LogP contribution in [0.5, 0.6) is 0 Å². The zero-order valence-corrected chi connectivity index (χ0v) is 19.9. The molecule has 0 aromatic heterocycles. The summed E-state index contributed by atoms with van der Waals surface area (Å²) in [5.41, 5.74) is 5.99. The molecule has 162 valence electrons. The van der Waals surface area contributed by atoms with Gasteiger partial charge in [-0.1, -0.05) is 27.7 Å². The van der Waals surface area contributed by atoms with Gasteiger partial charge < -0.3 is 20.4 Å². The van der Waals surface area contributed by atoms with Crippen LogP contribution in [-0.4, -0.2) is 50.1 Å². The van der Waals surface area contributed by atoms with Gasteiger partial charge in [-0.2, -0.15) is 0 Å². The molecule has 0 aliphatic heterocycles. The molecule has 28 heavy (non-hydrogen) atoms. The summed E-state index contributed by atoms with van der Waals surface area (Å²) >= 11 is 0. The van der Waals surface area contributed by atoms with Gasteiger partial charge in [0.25, 0.3) is 0 Å². The first-order chi connectivity index (χ1) is 13.3. The van der Waals surface area contributed by atoms with Gasteiger partial charge in [-0.15, -0.1) is 0 Å². The first-order valence-corrected chi connectivity index (χ1v) is 11.6. The maximum absolute atomic E-state index is 3.51. The van der Waals surface area contributed by atoms with E-state index in [1.807, 2.05) is 0 Å². The smallest absolute Gasteiger partial charge is 0.0513 e. The first-order valence-electron chi connectivity index (χ1n) is 11.6. The second-order valence-corrected chi connectivity index (χ2v) is 9.46. The molecule has 0 saturated carbocycles. The summed E-state index contributed by atoms with van der Waals surface area (Å²) in [6.07, 6.45) is 10.0. The minimum absolute atomic E-state index is 0.494. The summed E-state index contributed by atoms with van der Waals surface area (Å²) in [6, 6.07) is 0.989. The number of likely N-dealkylation sites (N-methyl/N-ethyl adjacent to an activating group) is 2. The van der Waals surface area contributed by atoms with E-state index in [-0.39, 0.29) is 0 Å². The predicted molar refractivity (Wildman–Crippen MR) is 122 cm³/mol. The summed E-state index contributed by atoms with van der Waals surface area (Å²) in [7, 11) is 8.88. The Bertz CT molecular complexity index is 511. The number of nitrogens with one attached hydrogen (secondary N) is 2. The van der Waals surface area contributed by atoms with Crippen molar-refractivity contribution in [1.82, 2.24) is 20.4 Å². The van der Waals surface area contributed by atoms with E-state index in [0.29, 0.717) is 23.9 Å². The minimum Gasteiger partial charge on any atom is -0.390 e. The van der Waals surface area contributed by atoms with Gasteiger partial charge in [0.2, 0.25) is 0 Å². The third-order valence-electron chi connectivity index (χ3n) is 6.94. The zero-order chi connectivity index (χ0) is 20.8. The Morgan fingerprint density at radius 2 is 0.929 bits per heavy atom. The molecule has 2 unspecified atom stereocenters. The Labute approximate surface area is 174 Å². The molecule has 0 aromatic carbocycles. The lowest BCUT2D eigenvalue weighted by atomic mass is 9.84. The molecular formula is C24H46N4. The number of nitrogens with zero attached hydrogens (tertiary/aromatic N) is 2. The second kappa shape index (κ2) is 10.5. The molecule has 0 fully saturated rings.